The molecule has 0 saturated carbocycles. The van der Waals surface area contributed by atoms with Crippen LogP contribution < -0.4 is 11.1 Å². The van der Waals surface area contributed by atoms with Crippen molar-refractivity contribution in [3.05, 3.63) is 89.0 Å². The molecule has 4 N–H and O–H groups in total. The molecule has 2 aromatic carbocycles. The van der Waals surface area contributed by atoms with Gasteiger partial charge in [-0.1, -0.05) is 54.1 Å². The smallest absolute Gasteiger partial charge is 0.329 e. The molecule has 2 heterocycles. The second-order valence-corrected chi connectivity index (χ2v) is 10.6. The van der Waals surface area contributed by atoms with E-state index in [2.05, 4.69) is 61.5 Å². The summed E-state index contributed by atoms with van der Waals surface area (Å²) < 4.78 is 11.1. The Morgan fingerprint density at radius 3 is 2.39 bits per heavy atom. The number of H-pyrrole nitrogens is 1. The van der Waals surface area contributed by atoms with Gasteiger partial charge in [-0.15, -0.1) is 0 Å². The molecule has 10 nitrogen and oxygen atoms in total. The number of rotatable bonds is 14. The summed E-state index contributed by atoms with van der Waals surface area (Å²) in [5, 5.41) is 3.38. The van der Waals surface area contributed by atoms with E-state index in [0.29, 0.717) is 12.3 Å². The molecule has 0 aliphatic carbocycles. The minimum atomic E-state index is -0.863. The zero-order valence-electron chi connectivity index (χ0n) is 23.4. The van der Waals surface area contributed by atoms with Crippen LogP contribution in [0, 0.1) is 0 Å². The fourth-order valence-electron chi connectivity index (χ4n) is 4.85. The topological polar surface area (TPSA) is 126 Å². The van der Waals surface area contributed by atoms with E-state index in [-0.39, 0.29) is 25.7 Å². The van der Waals surface area contributed by atoms with Gasteiger partial charge in [0.15, 0.2) is 0 Å². The number of carbonyl (C=O) groups excluding carboxylic acids is 2. The number of benzene rings is 2. The molecule has 3 unspecified atom stereocenters. The highest BCUT2D eigenvalue weighted by Crippen LogP contribution is 2.30. The van der Waals surface area contributed by atoms with Crippen LogP contribution in [0.25, 0.3) is 0 Å². The molecule has 0 spiro atoms. The number of amides is 1. The van der Waals surface area contributed by atoms with E-state index in [4.69, 9.17) is 26.8 Å². The fraction of sp³-hybridized carbons (Fsp3) is 0.433. The van der Waals surface area contributed by atoms with Crippen molar-refractivity contribution in [1.29, 1.82) is 0 Å². The maximum Gasteiger partial charge on any atom is 0.329 e. The molecule has 1 aliphatic heterocycles. The molecular weight excluding hydrogens is 544 g/mol. The molecule has 1 fully saturated rings. The van der Waals surface area contributed by atoms with E-state index in [1.54, 1.807) is 13.1 Å². The average Bonchev–Trinajstić information content (AvgIpc) is 3.50. The van der Waals surface area contributed by atoms with Gasteiger partial charge in [0.25, 0.3) is 0 Å². The Morgan fingerprint density at radius 1 is 1.02 bits per heavy atom. The van der Waals surface area contributed by atoms with Crippen molar-refractivity contribution in [2.24, 2.45) is 5.73 Å². The SMILES string of the molecule is CC(N)C(=O)NC(Cc1cnc[nH]1)C(=O)OCCOCCN1CCN(C(c2ccccc2)c2ccc(Cl)cc2)CC1. The number of halogens is 1. The lowest BCUT2D eigenvalue weighted by Crippen LogP contribution is -2.49. The second kappa shape index (κ2) is 15.6. The van der Waals surface area contributed by atoms with Crippen molar-refractivity contribution < 1.29 is 19.1 Å². The molecule has 0 radical (unpaired) electrons. The molecule has 3 aromatic rings. The van der Waals surface area contributed by atoms with Crippen LogP contribution in [-0.2, 0) is 25.5 Å². The normalized spacial score (nSPS) is 16.6. The van der Waals surface area contributed by atoms with Gasteiger partial charge in [-0.2, -0.15) is 0 Å². The lowest BCUT2D eigenvalue weighted by molar-refractivity contribution is -0.149. The van der Waals surface area contributed by atoms with Crippen LogP contribution >= 0.6 is 11.6 Å². The Balaban J connectivity index is 1.18. The quantitative estimate of drug-likeness (QED) is 0.195. The minimum absolute atomic E-state index is 0.0972. The van der Waals surface area contributed by atoms with E-state index in [1.165, 1.54) is 17.5 Å². The number of aromatic amines is 1. The first-order valence-electron chi connectivity index (χ1n) is 13.9. The van der Waals surface area contributed by atoms with E-state index < -0.39 is 24.0 Å². The van der Waals surface area contributed by atoms with Crippen molar-refractivity contribution in [3.63, 3.8) is 0 Å². The number of nitrogens with one attached hydrogen (secondary N) is 2. The first-order chi connectivity index (χ1) is 19.9. The van der Waals surface area contributed by atoms with Gasteiger partial charge in [-0.25, -0.2) is 9.78 Å². The van der Waals surface area contributed by atoms with Crippen LogP contribution in [0.3, 0.4) is 0 Å². The summed E-state index contributed by atoms with van der Waals surface area (Å²) in [4.78, 5) is 36.5. The van der Waals surface area contributed by atoms with Crippen molar-refractivity contribution in [2.45, 2.75) is 31.5 Å². The largest absolute Gasteiger partial charge is 0.462 e. The van der Waals surface area contributed by atoms with Gasteiger partial charge in [0.05, 0.1) is 31.6 Å². The summed E-state index contributed by atoms with van der Waals surface area (Å²) in [5.41, 5.74) is 8.85. The Labute approximate surface area is 246 Å². The summed E-state index contributed by atoms with van der Waals surface area (Å²) in [6.07, 6.45) is 3.34. The lowest BCUT2D eigenvalue weighted by Gasteiger charge is -2.39. The van der Waals surface area contributed by atoms with Crippen LogP contribution in [0.2, 0.25) is 5.02 Å². The maximum absolute atomic E-state index is 12.6. The molecule has 1 aliphatic rings. The minimum Gasteiger partial charge on any atom is -0.462 e. The Hall–Kier alpha value is -3.28. The third-order valence-electron chi connectivity index (χ3n) is 7.09. The zero-order chi connectivity index (χ0) is 29.0. The Bertz CT molecular complexity index is 1200. The van der Waals surface area contributed by atoms with Crippen LogP contribution in [0.15, 0.2) is 67.1 Å². The summed E-state index contributed by atoms with van der Waals surface area (Å²) >= 11 is 6.15. The standard InChI is InChI=1S/C30H39ClN6O4/c1-22(32)29(38)35-27(19-26-20-33-21-34-26)30(39)41-18-17-40-16-15-36-11-13-37(14-12-36)28(23-5-3-2-4-6-23)24-7-9-25(31)10-8-24/h2-10,20-22,27-28H,11-19,32H2,1H3,(H,33,34)(H,35,38). The predicted octanol–water partition coefficient (Wildman–Crippen LogP) is 2.40. The van der Waals surface area contributed by atoms with Crippen LogP contribution in [-0.4, -0.2) is 96.3 Å². The van der Waals surface area contributed by atoms with Crippen LogP contribution in [0.5, 0.6) is 0 Å². The molecule has 1 amide bonds. The van der Waals surface area contributed by atoms with Crippen molar-refractivity contribution >= 4 is 23.5 Å². The Kier molecular flexibility index (Phi) is 11.7. The molecule has 11 heteroatoms. The number of nitrogens with two attached hydrogens (primary N) is 1. The highest BCUT2D eigenvalue weighted by molar-refractivity contribution is 6.30. The third kappa shape index (κ3) is 9.37. The third-order valence-corrected chi connectivity index (χ3v) is 7.34. The number of aromatic nitrogens is 2. The highest BCUT2D eigenvalue weighted by atomic mass is 35.5. The summed E-state index contributed by atoms with van der Waals surface area (Å²) in [7, 11) is 0. The van der Waals surface area contributed by atoms with Gasteiger partial charge in [-0.05, 0) is 30.2 Å². The van der Waals surface area contributed by atoms with E-state index in [9.17, 15) is 9.59 Å². The van der Waals surface area contributed by atoms with Gasteiger partial charge in [0.2, 0.25) is 5.91 Å². The second-order valence-electron chi connectivity index (χ2n) is 10.2. The zero-order valence-corrected chi connectivity index (χ0v) is 24.1. The van der Waals surface area contributed by atoms with Gasteiger partial charge < -0.3 is 25.5 Å². The molecule has 1 saturated heterocycles. The monoisotopic (exact) mass is 582 g/mol. The first-order valence-corrected chi connectivity index (χ1v) is 14.3. The summed E-state index contributed by atoms with van der Waals surface area (Å²) in [5.74, 6) is -0.965. The number of esters is 1. The van der Waals surface area contributed by atoms with Gasteiger partial charge in [-0.3, -0.25) is 14.6 Å². The number of nitrogens with zero attached hydrogens (tertiary/aromatic N) is 3. The van der Waals surface area contributed by atoms with Crippen molar-refractivity contribution in [2.75, 3.05) is 52.5 Å². The van der Waals surface area contributed by atoms with E-state index >= 15 is 0 Å². The summed E-state index contributed by atoms with van der Waals surface area (Å²) in [6, 6.07) is 17.3. The van der Waals surface area contributed by atoms with Crippen molar-refractivity contribution in [1.82, 2.24) is 25.1 Å². The number of piperazine rings is 1. The number of imidazole rings is 1. The molecule has 4 rings (SSSR count). The maximum atomic E-state index is 12.6. The van der Waals surface area contributed by atoms with Gasteiger partial charge in [0, 0.05) is 56.1 Å². The average molecular weight is 583 g/mol. The summed E-state index contributed by atoms with van der Waals surface area (Å²) in [6.45, 7) is 7.00. The number of carbonyl (C=O) groups is 2. The first kappa shape index (κ1) is 30.7. The number of hydrogen-bond donors (Lipinski definition) is 3. The number of ether oxygens (including phenoxy) is 2. The Morgan fingerprint density at radius 2 is 1.73 bits per heavy atom. The van der Waals surface area contributed by atoms with Crippen LogP contribution in [0.4, 0.5) is 0 Å². The van der Waals surface area contributed by atoms with Crippen LogP contribution in [0.1, 0.15) is 29.8 Å². The fourth-order valence-corrected chi connectivity index (χ4v) is 4.98. The molecule has 3 atom stereocenters. The van der Waals surface area contributed by atoms with Gasteiger partial charge in [0.1, 0.15) is 12.6 Å². The van der Waals surface area contributed by atoms with E-state index in [1.807, 2.05) is 18.2 Å². The van der Waals surface area contributed by atoms with Gasteiger partial charge >= 0.3 is 5.97 Å². The van der Waals surface area contributed by atoms with E-state index in [0.717, 1.165) is 37.7 Å². The number of hydrogen-bond acceptors (Lipinski definition) is 8. The molecule has 220 valence electrons. The highest BCUT2D eigenvalue weighted by Gasteiger charge is 2.27. The lowest BCUT2D eigenvalue weighted by atomic mass is 9.96. The van der Waals surface area contributed by atoms with Crippen molar-refractivity contribution in [3.8, 4) is 0 Å². The molecule has 41 heavy (non-hydrogen) atoms. The molecule has 0 bridgehead atoms. The molecule has 1 aromatic heterocycles. The molecular formula is C30H39ClN6O4. The predicted molar refractivity (Wildman–Crippen MR) is 157 cm³/mol.